The largest absolute Gasteiger partial charge is 0.370 e. The summed E-state index contributed by atoms with van der Waals surface area (Å²) >= 11 is 0. The van der Waals surface area contributed by atoms with Gasteiger partial charge in [-0.15, -0.1) is 0 Å². The van der Waals surface area contributed by atoms with Gasteiger partial charge in [0.25, 0.3) is 0 Å². The van der Waals surface area contributed by atoms with Crippen LogP contribution in [0.2, 0.25) is 0 Å². The van der Waals surface area contributed by atoms with Crippen LogP contribution in [0.1, 0.15) is 32.6 Å². The molecule has 0 spiro atoms. The zero-order valence-corrected chi connectivity index (χ0v) is 8.58. The van der Waals surface area contributed by atoms with Gasteiger partial charge < -0.3 is 16.8 Å². The van der Waals surface area contributed by atoms with E-state index in [0.29, 0.717) is 6.42 Å². The van der Waals surface area contributed by atoms with E-state index < -0.39 is 0 Å². The molecule has 2 amide bonds. The van der Waals surface area contributed by atoms with Gasteiger partial charge in [0.05, 0.1) is 6.04 Å². The second-order valence-corrected chi connectivity index (χ2v) is 3.27. The minimum absolute atomic E-state index is 0.0463. The molecule has 1 unspecified atom stereocenters. The average molecular weight is 201 g/mol. The van der Waals surface area contributed by atoms with Crippen molar-refractivity contribution in [1.29, 1.82) is 0 Å². The van der Waals surface area contributed by atoms with Crippen LogP contribution in [0.4, 0.5) is 0 Å². The lowest BCUT2D eigenvalue weighted by atomic mass is 10.2. The second kappa shape index (κ2) is 7.32. The first kappa shape index (κ1) is 12.9. The smallest absolute Gasteiger partial charge is 0.234 e. The number of amides is 2. The molecular formula is C9H19N3O2. The topological polar surface area (TPSA) is 98.2 Å². The summed E-state index contributed by atoms with van der Waals surface area (Å²) < 4.78 is 0. The van der Waals surface area contributed by atoms with Crippen molar-refractivity contribution in [1.82, 2.24) is 5.32 Å². The van der Waals surface area contributed by atoms with Crippen molar-refractivity contribution in [3.05, 3.63) is 0 Å². The van der Waals surface area contributed by atoms with Gasteiger partial charge in [0.2, 0.25) is 11.8 Å². The van der Waals surface area contributed by atoms with Crippen LogP contribution < -0.4 is 16.8 Å². The van der Waals surface area contributed by atoms with Crippen molar-refractivity contribution in [2.45, 2.75) is 38.6 Å². The molecule has 1 fully saturated rings. The lowest BCUT2D eigenvalue weighted by molar-refractivity contribution is -0.120. The van der Waals surface area contributed by atoms with Crippen LogP contribution in [0, 0.1) is 0 Å². The third-order valence-corrected chi connectivity index (χ3v) is 1.90. The van der Waals surface area contributed by atoms with Gasteiger partial charge >= 0.3 is 0 Å². The second-order valence-electron chi connectivity index (χ2n) is 3.27. The highest BCUT2D eigenvalue weighted by molar-refractivity contribution is 5.80. The van der Waals surface area contributed by atoms with Gasteiger partial charge in [-0.05, 0) is 25.8 Å². The van der Waals surface area contributed by atoms with Gasteiger partial charge in [0.15, 0.2) is 0 Å². The zero-order valence-electron chi connectivity index (χ0n) is 8.58. The predicted molar refractivity (Wildman–Crippen MR) is 54.3 cm³/mol. The summed E-state index contributed by atoms with van der Waals surface area (Å²) in [5, 5.41) is 2.98. The van der Waals surface area contributed by atoms with E-state index in [4.69, 9.17) is 11.5 Å². The molecule has 0 aromatic rings. The maximum Gasteiger partial charge on any atom is 0.234 e. The number of nitrogens with one attached hydrogen (secondary N) is 1. The van der Waals surface area contributed by atoms with Crippen LogP contribution in [-0.4, -0.2) is 24.4 Å². The number of rotatable bonds is 3. The lowest BCUT2D eigenvalue weighted by Gasteiger charge is -2.01. The number of primary amides is 2. The Kier molecular flexibility index (Phi) is 6.74. The molecule has 0 saturated carbocycles. The van der Waals surface area contributed by atoms with Crippen LogP contribution in [0.3, 0.4) is 0 Å². The summed E-state index contributed by atoms with van der Waals surface area (Å²) in [6, 6.07) is -0.0463. The standard InChI is InChI=1S/C5H10N2O.C4H9NO/c6-5(8)4-2-1-3-7-4;1-2-3-4(5)6/h4,7H,1-3H2,(H2,6,8);2-3H2,1H3,(H2,5,6). The molecule has 5 N–H and O–H groups in total. The van der Waals surface area contributed by atoms with E-state index in [2.05, 4.69) is 5.32 Å². The maximum absolute atomic E-state index is 10.4. The Morgan fingerprint density at radius 1 is 1.43 bits per heavy atom. The minimum atomic E-state index is -0.220. The minimum Gasteiger partial charge on any atom is -0.370 e. The third kappa shape index (κ3) is 6.42. The number of nitrogens with two attached hydrogens (primary N) is 2. The number of hydrogen-bond donors (Lipinski definition) is 3. The van der Waals surface area contributed by atoms with Crippen LogP contribution in [-0.2, 0) is 9.59 Å². The van der Waals surface area contributed by atoms with Crippen LogP contribution in [0.15, 0.2) is 0 Å². The highest BCUT2D eigenvalue weighted by atomic mass is 16.1. The molecule has 1 atom stereocenters. The van der Waals surface area contributed by atoms with Crippen molar-refractivity contribution < 1.29 is 9.59 Å². The Balaban J connectivity index is 0.000000255. The third-order valence-electron chi connectivity index (χ3n) is 1.90. The number of carbonyl (C=O) groups is 2. The highest BCUT2D eigenvalue weighted by Gasteiger charge is 2.18. The van der Waals surface area contributed by atoms with Crippen molar-refractivity contribution in [2.75, 3.05) is 6.54 Å². The molecule has 14 heavy (non-hydrogen) atoms. The van der Waals surface area contributed by atoms with Gasteiger partial charge in [-0.1, -0.05) is 6.92 Å². The average Bonchev–Trinajstić information content (AvgIpc) is 2.56. The molecule has 1 rings (SSSR count). The normalized spacial score (nSPS) is 19.6. The van der Waals surface area contributed by atoms with Crippen molar-refractivity contribution in [2.24, 2.45) is 11.5 Å². The van der Waals surface area contributed by atoms with Gasteiger partial charge in [-0.2, -0.15) is 0 Å². The maximum atomic E-state index is 10.4. The molecule has 0 bridgehead atoms. The summed E-state index contributed by atoms with van der Waals surface area (Å²) in [7, 11) is 0. The van der Waals surface area contributed by atoms with Crippen molar-refractivity contribution >= 4 is 11.8 Å². The Bertz CT molecular complexity index is 188. The first-order valence-electron chi connectivity index (χ1n) is 4.89. The fraction of sp³-hybridized carbons (Fsp3) is 0.778. The Morgan fingerprint density at radius 2 is 2.07 bits per heavy atom. The predicted octanol–water partition coefficient (Wildman–Crippen LogP) is -0.504. The quantitative estimate of drug-likeness (QED) is 0.573. The number of carbonyl (C=O) groups excluding carboxylic acids is 2. The first-order valence-corrected chi connectivity index (χ1v) is 4.89. The zero-order chi connectivity index (χ0) is 11.0. The Labute approximate surface area is 84.2 Å². The molecule has 0 aromatic carbocycles. The monoisotopic (exact) mass is 201 g/mol. The van der Waals surface area contributed by atoms with Gasteiger partial charge in [0, 0.05) is 6.42 Å². The van der Waals surface area contributed by atoms with Crippen LogP contribution >= 0.6 is 0 Å². The van der Waals surface area contributed by atoms with Gasteiger partial charge in [-0.25, -0.2) is 0 Å². The van der Waals surface area contributed by atoms with E-state index in [0.717, 1.165) is 25.8 Å². The SMILES string of the molecule is CCCC(N)=O.NC(=O)C1CCCN1. The fourth-order valence-corrected chi connectivity index (χ4v) is 1.17. The van der Waals surface area contributed by atoms with Crippen LogP contribution in [0.5, 0.6) is 0 Å². The molecule has 1 saturated heterocycles. The van der Waals surface area contributed by atoms with Gasteiger partial charge in [-0.3, -0.25) is 9.59 Å². The molecule has 1 aliphatic rings. The molecule has 0 aliphatic carbocycles. The molecule has 1 heterocycles. The van der Waals surface area contributed by atoms with E-state index in [1.807, 2.05) is 6.92 Å². The summed E-state index contributed by atoms with van der Waals surface area (Å²) in [5.74, 6) is -0.431. The van der Waals surface area contributed by atoms with Crippen molar-refractivity contribution in [3.63, 3.8) is 0 Å². The Morgan fingerprint density at radius 3 is 2.21 bits per heavy atom. The molecule has 5 heteroatoms. The Hall–Kier alpha value is -1.10. The van der Waals surface area contributed by atoms with E-state index in [1.54, 1.807) is 0 Å². The molecule has 0 radical (unpaired) electrons. The molecule has 5 nitrogen and oxygen atoms in total. The van der Waals surface area contributed by atoms with Gasteiger partial charge in [0.1, 0.15) is 0 Å². The molecular weight excluding hydrogens is 182 g/mol. The summed E-state index contributed by atoms with van der Waals surface area (Å²) in [6.45, 7) is 2.86. The first-order chi connectivity index (χ1) is 6.57. The number of hydrogen-bond acceptors (Lipinski definition) is 3. The summed E-state index contributed by atoms with van der Waals surface area (Å²) in [4.78, 5) is 20.2. The highest BCUT2D eigenvalue weighted by Crippen LogP contribution is 2.02. The molecule has 0 aromatic heterocycles. The van der Waals surface area contributed by atoms with E-state index in [1.165, 1.54) is 0 Å². The van der Waals surface area contributed by atoms with Crippen LogP contribution in [0.25, 0.3) is 0 Å². The summed E-state index contributed by atoms with van der Waals surface area (Å²) in [6.07, 6.45) is 3.36. The molecule has 1 aliphatic heterocycles. The van der Waals surface area contributed by atoms with E-state index in [9.17, 15) is 9.59 Å². The van der Waals surface area contributed by atoms with E-state index in [-0.39, 0.29) is 17.9 Å². The van der Waals surface area contributed by atoms with E-state index >= 15 is 0 Å². The fourth-order valence-electron chi connectivity index (χ4n) is 1.17. The molecule has 82 valence electrons. The lowest BCUT2D eigenvalue weighted by Crippen LogP contribution is -2.36. The summed E-state index contributed by atoms with van der Waals surface area (Å²) in [5.41, 5.74) is 9.76. The van der Waals surface area contributed by atoms with Crippen molar-refractivity contribution in [3.8, 4) is 0 Å².